The maximum Gasteiger partial charge on any atom is 0.337 e. The van der Waals surface area contributed by atoms with Gasteiger partial charge >= 0.3 is 28.8 Å². The zero-order chi connectivity index (χ0) is 66.4. The van der Waals surface area contributed by atoms with E-state index in [4.69, 9.17) is 36.6 Å². The van der Waals surface area contributed by atoms with Gasteiger partial charge in [-0.05, 0) is 62.3 Å². The van der Waals surface area contributed by atoms with Crippen LogP contribution in [0.25, 0.3) is 0 Å². The summed E-state index contributed by atoms with van der Waals surface area (Å²) in [5.74, 6) is -1.91. The van der Waals surface area contributed by atoms with Gasteiger partial charge in [0, 0.05) is 12.8 Å². The molecule has 8 aromatic rings. The zero-order valence-corrected chi connectivity index (χ0v) is 55.5. The molecule has 0 amide bonds. The molecular formula is C74H83O17P3. The molecule has 0 bridgehead atoms. The van der Waals surface area contributed by atoms with Crippen LogP contribution >= 0.6 is 22.8 Å². The minimum atomic E-state index is -5.12. The SMILES string of the molecule is CC(C)C1(C)CC(P(=O)(OCc2ccccc2)OCc2ccccc2)C(P(=O)(OCc2ccccc2)OCc2ccccc2)C(OCC(=O)O[C@H]2[C@@H](O)[C@](O)(Cc3ccccc3)[C@H](O)[C@@H](O)[C@@]2(O)Cc2ccccc2)C1P(=O)(OCc1ccccc1)OCc1ccccc1. The molecule has 5 unspecified atom stereocenters. The lowest BCUT2D eigenvalue weighted by Crippen LogP contribution is -2.77. The molecule has 17 nitrogen and oxygen atoms in total. The van der Waals surface area contributed by atoms with E-state index in [-0.39, 0.29) is 46.1 Å². The highest BCUT2D eigenvalue weighted by molar-refractivity contribution is 7.59. The fourth-order valence-electron chi connectivity index (χ4n) is 12.7. The maximum atomic E-state index is 17.5. The van der Waals surface area contributed by atoms with Crippen LogP contribution in [-0.2, 0) is 108 Å². The van der Waals surface area contributed by atoms with Crippen molar-refractivity contribution in [2.24, 2.45) is 11.3 Å². The van der Waals surface area contributed by atoms with Crippen molar-refractivity contribution in [1.82, 2.24) is 0 Å². The van der Waals surface area contributed by atoms with E-state index in [2.05, 4.69) is 0 Å². The van der Waals surface area contributed by atoms with Crippen molar-refractivity contribution >= 4 is 28.8 Å². The number of carbonyl (C=O) groups is 1. The van der Waals surface area contributed by atoms with Gasteiger partial charge in [-0.3, -0.25) is 13.7 Å². The van der Waals surface area contributed by atoms with Crippen LogP contribution in [-0.4, -0.2) is 96.8 Å². The van der Waals surface area contributed by atoms with E-state index in [1.807, 2.05) is 45.0 Å². The Kier molecular flexibility index (Phi) is 23.6. The molecule has 0 aromatic heterocycles. The van der Waals surface area contributed by atoms with Crippen LogP contribution in [0.3, 0.4) is 0 Å². The summed E-state index contributed by atoms with van der Waals surface area (Å²) in [6.07, 6.45) is -12.1. The highest BCUT2D eigenvalue weighted by Crippen LogP contribution is 2.76. The summed E-state index contributed by atoms with van der Waals surface area (Å²) >= 11 is 0. The first kappa shape index (κ1) is 70.2. The fraction of sp³-hybridized carbons (Fsp3) is 0.338. The van der Waals surface area contributed by atoms with E-state index in [1.54, 1.807) is 218 Å². The summed E-state index contributed by atoms with van der Waals surface area (Å²) in [6, 6.07) is 70.4. The summed E-state index contributed by atoms with van der Waals surface area (Å²) in [6.45, 7) is 2.54. The number of aliphatic hydroxyl groups is 5. The van der Waals surface area contributed by atoms with Crippen molar-refractivity contribution in [3.63, 3.8) is 0 Å². The molecule has 2 saturated carbocycles. The lowest BCUT2D eigenvalue weighted by Gasteiger charge is -2.56. The van der Waals surface area contributed by atoms with Gasteiger partial charge in [0.05, 0.1) is 57.1 Å². The molecule has 2 aliphatic carbocycles. The Balaban J connectivity index is 1.18. The molecule has 0 heterocycles. The summed E-state index contributed by atoms with van der Waals surface area (Å²) in [5.41, 5.74) is -7.52. The summed E-state index contributed by atoms with van der Waals surface area (Å²) in [5, 5.41) is 62.0. The van der Waals surface area contributed by atoms with Crippen LogP contribution in [0.1, 0.15) is 71.7 Å². The third kappa shape index (κ3) is 16.6. The second-order valence-electron chi connectivity index (χ2n) is 24.9. The molecule has 20 heteroatoms. The van der Waals surface area contributed by atoms with Gasteiger partial charge in [-0.25, -0.2) is 4.79 Å². The summed E-state index contributed by atoms with van der Waals surface area (Å²) in [4.78, 5) is 15.5. The third-order valence-corrected chi connectivity index (χ3v) is 25.7. The first-order valence-electron chi connectivity index (χ1n) is 31.5. The van der Waals surface area contributed by atoms with Gasteiger partial charge in [0.2, 0.25) is 0 Å². The number of esters is 1. The average molecular weight is 1340 g/mol. The Hall–Kier alpha value is -6.56. The average Bonchev–Trinajstić information content (AvgIpc) is 0.717. The maximum absolute atomic E-state index is 17.5. The molecule has 496 valence electrons. The Morgan fingerprint density at radius 1 is 0.426 bits per heavy atom. The second kappa shape index (κ2) is 31.5. The monoisotopic (exact) mass is 1340 g/mol. The topological polar surface area (TPSA) is 243 Å². The largest absolute Gasteiger partial charge is 0.455 e. The van der Waals surface area contributed by atoms with Crippen molar-refractivity contribution < 1.29 is 80.6 Å². The van der Waals surface area contributed by atoms with Crippen LogP contribution in [0.15, 0.2) is 243 Å². The molecule has 2 fully saturated rings. The molecule has 0 aliphatic heterocycles. The Labute approximate surface area is 550 Å². The lowest BCUT2D eigenvalue weighted by molar-refractivity contribution is -0.305. The van der Waals surface area contributed by atoms with Crippen molar-refractivity contribution in [2.75, 3.05) is 6.61 Å². The van der Waals surface area contributed by atoms with Crippen LogP contribution < -0.4 is 0 Å². The van der Waals surface area contributed by atoms with Crippen molar-refractivity contribution in [3.8, 4) is 0 Å². The van der Waals surface area contributed by atoms with Crippen LogP contribution in [0.2, 0.25) is 0 Å². The van der Waals surface area contributed by atoms with E-state index in [0.717, 1.165) is 0 Å². The number of rotatable bonds is 30. The number of carbonyl (C=O) groups excluding carboxylic acids is 1. The van der Waals surface area contributed by atoms with Gasteiger partial charge in [-0.15, -0.1) is 0 Å². The molecule has 0 radical (unpaired) electrons. The normalized spacial score (nSPS) is 25.0. The van der Waals surface area contributed by atoms with Gasteiger partial charge in [0.15, 0.2) is 6.10 Å². The fourth-order valence-corrected chi connectivity index (χ4v) is 21.2. The van der Waals surface area contributed by atoms with Gasteiger partial charge < -0.3 is 62.1 Å². The van der Waals surface area contributed by atoms with E-state index >= 15 is 18.5 Å². The predicted molar refractivity (Wildman–Crippen MR) is 357 cm³/mol. The molecule has 0 spiro atoms. The molecule has 94 heavy (non-hydrogen) atoms. The van der Waals surface area contributed by atoms with Gasteiger partial charge in [-0.2, -0.15) is 0 Å². The molecule has 8 aromatic carbocycles. The highest BCUT2D eigenvalue weighted by Gasteiger charge is 2.70. The lowest BCUT2D eigenvalue weighted by atomic mass is 9.64. The molecule has 2 aliphatic rings. The molecule has 11 atom stereocenters. The Bertz CT molecular complexity index is 3650. The second-order valence-corrected chi connectivity index (χ2v) is 31.5. The van der Waals surface area contributed by atoms with Crippen LogP contribution in [0.5, 0.6) is 0 Å². The standard InChI is InChI=1S/C74H83O17P3/c1-54(2)72(3)46-63(92(81,85-47-57-32-16-6-17-33-57)86-48-58-34-18-7-19-35-58)66(93(82,87-49-59-36-20-8-21-37-59)88-50-60-38-22-9-23-39-60)65(71(72)94(83,89-51-61-40-24-10-25-41-61)90-52-62-42-26-11-27-43-62)84-53-64(75)91-70-69(78)73(79,44-55-28-12-4-13-29-55)67(76)68(77)74(70,80)45-56-30-14-5-15-31-56/h4-43,54,63,65-71,76-80H,44-53H2,1-3H3/t63?,65?,66?,67-,68-,69-,70+,71?,72?,73+,74+/m1/s1. The quantitative estimate of drug-likeness (QED) is 0.0208. The van der Waals surface area contributed by atoms with Crippen molar-refractivity contribution in [3.05, 3.63) is 287 Å². The van der Waals surface area contributed by atoms with Gasteiger partial charge in [0.25, 0.3) is 0 Å². The number of benzene rings is 8. The highest BCUT2D eigenvalue weighted by atomic mass is 31.2. The summed E-state index contributed by atoms with van der Waals surface area (Å²) < 4.78 is 106. The molecule has 10 rings (SSSR count). The first-order valence-corrected chi connectivity index (χ1v) is 36.4. The minimum Gasteiger partial charge on any atom is -0.455 e. The minimum absolute atomic E-state index is 0.257. The van der Waals surface area contributed by atoms with E-state index in [0.29, 0.717) is 44.5 Å². The predicted octanol–water partition coefficient (Wildman–Crippen LogP) is 13.4. The number of aliphatic hydroxyl groups excluding tert-OH is 3. The summed E-state index contributed by atoms with van der Waals surface area (Å²) in [7, 11) is -14.9. The van der Waals surface area contributed by atoms with Crippen molar-refractivity contribution in [2.45, 2.75) is 138 Å². The molecule has 0 saturated heterocycles. The van der Waals surface area contributed by atoms with Gasteiger partial charge in [0.1, 0.15) is 41.8 Å². The van der Waals surface area contributed by atoms with Crippen LogP contribution in [0.4, 0.5) is 0 Å². The number of hydrogen-bond donors (Lipinski definition) is 5. The van der Waals surface area contributed by atoms with Crippen LogP contribution in [0, 0.1) is 11.3 Å². The number of hydrogen-bond acceptors (Lipinski definition) is 17. The third-order valence-electron chi connectivity index (χ3n) is 18.2. The molecule has 5 N–H and O–H groups in total. The van der Waals surface area contributed by atoms with E-state index in [9.17, 15) is 25.5 Å². The van der Waals surface area contributed by atoms with Gasteiger partial charge in [-0.1, -0.05) is 263 Å². The smallest absolute Gasteiger partial charge is 0.337 e. The Morgan fingerprint density at radius 3 is 1.04 bits per heavy atom. The van der Waals surface area contributed by atoms with E-state index in [1.165, 1.54) is 0 Å². The Morgan fingerprint density at radius 2 is 0.713 bits per heavy atom. The first-order chi connectivity index (χ1) is 45.3. The van der Waals surface area contributed by atoms with Crippen molar-refractivity contribution in [1.29, 1.82) is 0 Å². The zero-order valence-electron chi connectivity index (χ0n) is 52.8. The molecular weight excluding hydrogens is 1250 g/mol. The number of ether oxygens (including phenoxy) is 2. The van der Waals surface area contributed by atoms with E-state index < -0.39 is 118 Å².